The number of benzene rings is 2. The van der Waals surface area contributed by atoms with E-state index in [9.17, 15) is 0 Å². The Labute approximate surface area is 144 Å². The molecule has 1 N–H and O–H groups in total. The topological polar surface area (TPSA) is 67.6 Å². The number of aromatic amines is 1. The molecule has 2 aromatic heterocycles. The Balaban J connectivity index is 1.29. The van der Waals surface area contributed by atoms with Crippen molar-refractivity contribution in [2.75, 3.05) is 0 Å². The lowest BCUT2D eigenvalue weighted by Crippen LogP contribution is -2.67. The number of nitrogens with one attached hydrogen (secondary N) is 1. The van der Waals surface area contributed by atoms with E-state index in [0.29, 0.717) is 11.2 Å². The number of fused-ring (bicyclic) bond motifs is 1. The van der Waals surface area contributed by atoms with Crippen molar-refractivity contribution in [3.8, 4) is 11.4 Å². The predicted octanol–water partition coefficient (Wildman–Crippen LogP) is 3.99. The Hall–Kier alpha value is -2.95. The third-order valence-corrected chi connectivity index (χ3v) is 5.97. The Morgan fingerprint density at radius 2 is 1.80 bits per heavy atom. The molecule has 0 saturated heterocycles. The minimum absolute atomic E-state index is 0.0964. The van der Waals surface area contributed by atoms with Gasteiger partial charge in [0.15, 0.2) is 0 Å². The highest BCUT2D eigenvalue weighted by Gasteiger charge is 2.71. The molecule has 2 heterocycles. The molecule has 122 valence electrons. The van der Waals surface area contributed by atoms with Gasteiger partial charge in [0.05, 0.1) is 22.8 Å². The largest absolute Gasteiger partial charge is 0.345 e. The number of hydrogen-bond acceptors (Lipinski definition) is 4. The molecule has 3 saturated carbocycles. The van der Waals surface area contributed by atoms with Crippen molar-refractivity contribution in [2.45, 2.75) is 30.1 Å². The molecule has 0 spiro atoms. The van der Waals surface area contributed by atoms with E-state index >= 15 is 0 Å². The van der Waals surface area contributed by atoms with E-state index in [1.807, 2.05) is 18.2 Å². The third kappa shape index (κ3) is 1.70. The van der Waals surface area contributed by atoms with E-state index in [1.165, 1.54) is 5.56 Å². The van der Waals surface area contributed by atoms with Gasteiger partial charge >= 0.3 is 0 Å². The molecular formula is C20H16N4O. The van der Waals surface area contributed by atoms with Crippen molar-refractivity contribution in [1.82, 2.24) is 20.1 Å². The fourth-order valence-corrected chi connectivity index (χ4v) is 4.74. The highest BCUT2D eigenvalue weighted by atomic mass is 16.5. The summed E-state index contributed by atoms with van der Waals surface area (Å²) >= 11 is 0. The number of H-pyrrole nitrogens is 1. The summed E-state index contributed by atoms with van der Waals surface area (Å²) in [6.45, 7) is 0. The predicted molar refractivity (Wildman–Crippen MR) is 93.0 cm³/mol. The average molecular weight is 328 g/mol. The first-order valence-corrected chi connectivity index (χ1v) is 8.60. The van der Waals surface area contributed by atoms with Gasteiger partial charge in [-0.25, -0.2) is 4.98 Å². The number of hydrogen-bond donors (Lipinski definition) is 1. The number of aromatic nitrogens is 4. The lowest BCUT2D eigenvalue weighted by molar-refractivity contribution is -0.0891. The summed E-state index contributed by atoms with van der Waals surface area (Å²) in [5.41, 5.74) is 4.76. The number of imidazole rings is 1. The summed E-state index contributed by atoms with van der Waals surface area (Å²) in [6, 6.07) is 16.8. The third-order valence-electron chi connectivity index (χ3n) is 5.97. The van der Waals surface area contributed by atoms with Crippen LogP contribution in [0.25, 0.3) is 22.4 Å². The molecule has 3 fully saturated rings. The molecular weight excluding hydrogens is 312 g/mol. The van der Waals surface area contributed by atoms with Gasteiger partial charge in [0, 0.05) is 5.56 Å². The molecule has 7 rings (SSSR count). The molecule has 2 bridgehead atoms. The summed E-state index contributed by atoms with van der Waals surface area (Å²) in [6.07, 6.45) is 5.04. The monoisotopic (exact) mass is 328 g/mol. The van der Waals surface area contributed by atoms with Crippen LogP contribution < -0.4 is 0 Å². The van der Waals surface area contributed by atoms with Gasteiger partial charge in [0.1, 0.15) is 0 Å². The van der Waals surface area contributed by atoms with Crippen LogP contribution in [0.3, 0.4) is 0 Å². The van der Waals surface area contributed by atoms with Gasteiger partial charge in [-0.1, -0.05) is 35.5 Å². The maximum atomic E-state index is 5.65. The highest BCUT2D eigenvalue weighted by Crippen LogP contribution is 2.73. The van der Waals surface area contributed by atoms with Crippen LogP contribution in [0.2, 0.25) is 0 Å². The van der Waals surface area contributed by atoms with Crippen LogP contribution in [0.4, 0.5) is 0 Å². The smallest absolute Gasteiger partial charge is 0.233 e. The van der Waals surface area contributed by atoms with E-state index in [2.05, 4.69) is 45.5 Å². The summed E-state index contributed by atoms with van der Waals surface area (Å²) < 4.78 is 5.65. The molecule has 5 heteroatoms. The number of nitrogens with zero attached hydrogens (tertiary/aromatic N) is 3. The summed E-state index contributed by atoms with van der Waals surface area (Å²) in [5, 5.41) is 4.23. The van der Waals surface area contributed by atoms with Gasteiger partial charge in [0.25, 0.3) is 0 Å². The SMILES string of the molecule is c1ccc(C23CC(c4nc(-c5ccc6nc[nH]c6c5)no4)(C2)C3)cc1. The quantitative estimate of drug-likeness (QED) is 0.617. The minimum atomic E-state index is 0.0964. The molecule has 5 nitrogen and oxygen atoms in total. The molecule has 3 aliphatic carbocycles. The second-order valence-electron chi connectivity index (χ2n) is 7.51. The van der Waals surface area contributed by atoms with Gasteiger partial charge in [0.2, 0.25) is 11.7 Å². The summed E-state index contributed by atoms with van der Waals surface area (Å²) in [4.78, 5) is 12.1. The molecule has 2 aromatic carbocycles. The Morgan fingerprint density at radius 3 is 2.64 bits per heavy atom. The summed E-state index contributed by atoms with van der Waals surface area (Å²) in [7, 11) is 0. The lowest BCUT2D eigenvalue weighted by Gasteiger charge is -2.69. The molecule has 0 aliphatic heterocycles. The zero-order chi connectivity index (χ0) is 16.5. The first kappa shape index (κ1) is 13.4. The van der Waals surface area contributed by atoms with Crippen molar-refractivity contribution in [3.63, 3.8) is 0 Å². The van der Waals surface area contributed by atoms with E-state index in [0.717, 1.165) is 41.8 Å². The Morgan fingerprint density at radius 1 is 0.960 bits per heavy atom. The molecule has 0 unspecified atom stereocenters. The van der Waals surface area contributed by atoms with Crippen molar-refractivity contribution in [1.29, 1.82) is 0 Å². The fraction of sp³-hybridized carbons (Fsp3) is 0.250. The molecule has 0 amide bonds. The van der Waals surface area contributed by atoms with Crippen molar-refractivity contribution in [3.05, 3.63) is 66.3 Å². The fourth-order valence-electron chi connectivity index (χ4n) is 4.74. The zero-order valence-corrected chi connectivity index (χ0v) is 13.6. The van der Waals surface area contributed by atoms with Crippen LogP contribution in [-0.4, -0.2) is 20.1 Å². The maximum absolute atomic E-state index is 5.65. The molecule has 0 atom stereocenters. The van der Waals surface area contributed by atoms with Crippen molar-refractivity contribution in [2.24, 2.45) is 0 Å². The van der Waals surface area contributed by atoms with E-state index in [-0.39, 0.29) is 5.41 Å². The van der Waals surface area contributed by atoms with Crippen LogP contribution in [0, 0.1) is 0 Å². The Bertz CT molecular complexity index is 1080. The van der Waals surface area contributed by atoms with Gasteiger partial charge in [-0.2, -0.15) is 4.98 Å². The van der Waals surface area contributed by atoms with E-state index in [4.69, 9.17) is 9.51 Å². The number of rotatable bonds is 3. The highest BCUT2D eigenvalue weighted by molar-refractivity contribution is 5.79. The molecule has 3 aliphatic rings. The zero-order valence-electron chi connectivity index (χ0n) is 13.6. The van der Waals surface area contributed by atoms with E-state index < -0.39 is 0 Å². The Kier molecular flexibility index (Phi) is 2.33. The standard InChI is InChI=1S/C20H16N4O/c1-2-4-14(5-3-1)19-9-20(10-19,11-19)18-23-17(24-25-18)13-6-7-15-16(8-13)22-12-21-15/h1-8,12H,9-11H2,(H,21,22). The van der Waals surface area contributed by atoms with Crippen LogP contribution in [-0.2, 0) is 10.8 Å². The minimum Gasteiger partial charge on any atom is -0.345 e. The molecule has 0 radical (unpaired) electrons. The van der Waals surface area contributed by atoms with Crippen LogP contribution >= 0.6 is 0 Å². The molecule has 4 aromatic rings. The van der Waals surface area contributed by atoms with Crippen LogP contribution in [0.15, 0.2) is 59.4 Å². The van der Waals surface area contributed by atoms with Gasteiger partial charge in [-0.05, 0) is 48.4 Å². The normalized spacial score (nSPS) is 27.0. The van der Waals surface area contributed by atoms with Gasteiger partial charge < -0.3 is 9.51 Å². The maximum Gasteiger partial charge on any atom is 0.233 e. The van der Waals surface area contributed by atoms with Crippen LogP contribution in [0.5, 0.6) is 0 Å². The van der Waals surface area contributed by atoms with Crippen molar-refractivity contribution >= 4 is 11.0 Å². The first-order chi connectivity index (χ1) is 12.3. The first-order valence-electron chi connectivity index (χ1n) is 8.60. The second-order valence-corrected chi connectivity index (χ2v) is 7.51. The van der Waals surface area contributed by atoms with Crippen LogP contribution in [0.1, 0.15) is 30.7 Å². The van der Waals surface area contributed by atoms with Gasteiger partial charge in [-0.3, -0.25) is 0 Å². The summed E-state index contributed by atoms with van der Waals surface area (Å²) in [5.74, 6) is 1.45. The average Bonchev–Trinajstić information content (AvgIpc) is 3.22. The van der Waals surface area contributed by atoms with E-state index in [1.54, 1.807) is 6.33 Å². The van der Waals surface area contributed by atoms with Crippen molar-refractivity contribution < 1.29 is 4.52 Å². The lowest BCUT2D eigenvalue weighted by atomic mass is 9.33. The molecule has 25 heavy (non-hydrogen) atoms. The van der Waals surface area contributed by atoms with Gasteiger partial charge in [-0.15, -0.1) is 0 Å². The second kappa shape index (κ2) is 4.36.